The summed E-state index contributed by atoms with van der Waals surface area (Å²) in [6.45, 7) is 1.87. The highest BCUT2D eigenvalue weighted by Gasteiger charge is 2.15. The van der Waals surface area contributed by atoms with E-state index in [4.69, 9.17) is 5.73 Å². The predicted molar refractivity (Wildman–Crippen MR) is 66.0 cm³/mol. The van der Waals surface area contributed by atoms with Crippen molar-refractivity contribution >= 4 is 0 Å². The third-order valence-corrected chi connectivity index (χ3v) is 2.95. The van der Waals surface area contributed by atoms with Crippen molar-refractivity contribution in [2.45, 2.75) is 19.4 Å². The minimum Gasteiger partial charge on any atom is -0.324 e. The first-order valence-corrected chi connectivity index (χ1v) is 5.68. The second-order valence-electron chi connectivity index (χ2n) is 4.24. The highest BCUT2D eigenvalue weighted by atomic mass is 19.1. The number of aryl methyl sites for hydroxylation is 1. The number of hydrogen-bond donors (Lipinski definition) is 1. The molecular weight excluding hydrogens is 234 g/mol. The third kappa shape index (κ3) is 2.54. The van der Waals surface area contributed by atoms with Crippen LogP contribution in [0.15, 0.2) is 36.7 Å². The number of aromatic nitrogens is 1. The molecule has 0 aliphatic carbocycles. The molecule has 0 aliphatic rings. The predicted octanol–water partition coefficient (Wildman–Crippen LogP) is 2.91. The fourth-order valence-electron chi connectivity index (χ4n) is 1.96. The zero-order chi connectivity index (χ0) is 13.1. The van der Waals surface area contributed by atoms with Gasteiger partial charge in [-0.1, -0.05) is 6.07 Å². The van der Waals surface area contributed by atoms with Crippen molar-refractivity contribution in [2.75, 3.05) is 0 Å². The Labute approximate surface area is 104 Å². The molecule has 94 valence electrons. The van der Waals surface area contributed by atoms with E-state index in [0.717, 1.165) is 11.1 Å². The Bertz CT molecular complexity index is 535. The molecule has 0 radical (unpaired) electrons. The van der Waals surface area contributed by atoms with Crippen LogP contribution >= 0.6 is 0 Å². The van der Waals surface area contributed by atoms with Gasteiger partial charge in [-0.05, 0) is 42.7 Å². The molecule has 4 heteroatoms. The van der Waals surface area contributed by atoms with Crippen LogP contribution in [0.25, 0.3) is 0 Å². The quantitative estimate of drug-likeness (QED) is 0.907. The van der Waals surface area contributed by atoms with Gasteiger partial charge in [-0.15, -0.1) is 0 Å². The Balaban J connectivity index is 2.27. The van der Waals surface area contributed by atoms with Gasteiger partial charge in [-0.25, -0.2) is 8.78 Å². The van der Waals surface area contributed by atoms with Crippen LogP contribution in [0.2, 0.25) is 0 Å². The molecular formula is C14H14F2N2. The summed E-state index contributed by atoms with van der Waals surface area (Å²) in [5.41, 5.74) is 7.81. The molecule has 0 amide bonds. The number of benzene rings is 1. The standard InChI is InChI=1S/C14H14F2N2/c1-9-8-18-6-5-10(9)14(17)7-11-12(15)3-2-4-13(11)16/h2-6,8,14H,7,17H2,1H3. The lowest BCUT2D eigenvalue weighted by atomic mass is 9.97. The van der Waals surface area contributed by atoms with E-state index in [9.17, 15) is 8.78 Å². The summed E-state index contributed by atoms with van der Waals surface area (Å²) in [7, 11) is 0. The molecule has 2 N–H and O–H groups in total. The largest absolute Gasteiger partial charge is 0.324 e. The Morgan fingerprint density at radius 1 is 1.22 bits per heavy atom. The second kappa shape index (κ2) is 5.23. The highest BCUT2D eigenvalue weighted by Crippen LogP contribution is 2.22. The fourth-order valence-corrected chi connectivity index (χ4v) is 1.96. The van der Waals surface area contributed by atoms with Crippen LogP contribution in [-0.2, 0) is 6.42 Å². The van der Waals surface area contributed by atoms with Gasteiger partial charge in [-0.2, -0.15) is 0 Å². The first kappa shape index (κ1) is 12.6. The molecule has 1 aromatic heterocycles. The normalized spacial score (nSPS) is 12.4. The number of nitrogens with zero attached hydrogens (tertiary/aromatic N) is 1. The van der Waals surface area contributed by atoms with Crippen LogP contribution in [0.3, 0.4) is 0 Å². The van der Waals surface area contributed by atoms with Crippen molar-refractivity contribution in [3.63, 3.8) is 0 Å². The van der Waals surface area contributed by atoms with Crippen molar-refractivity contribution in [3.05, 3.63) is 65.0 Å². The molecule has 0 saturated carbocycles. The summed E-state index contributed by atoms with van der Waals surface area (Å²) in [4.78, 5) is 3.97. The number of pyridine rings is 1. The van der Waals surface area contributed by atoms with Gasteiger partial charge >= 0.3 is 0 Å². The maximum atomic E-state index is 13.5. The van der Waals surface area contributed by atoms with Crippen LogP contribution in [0.5, 0.6) is 0 Å². The van der Waals surface area contributed by atoms with Gasteiger partial charge in [0.25, 0.3) is 0 Å². The van der Waals surface area contributed by atoms with Gasteiger partial charge < -0.3 is 5.73 Å². The van der Waals surface area contributed by atoms with Crippen LogP contribution in [0, 0.1) is 18.6 Å². The summed E-state index contributed by atoms with van der Waals surface area (Å²) >= 11 is 0. The Morgan fingerprint density at radius 2 is 1.89 bits per heavy atom. The van der Waals surface area contributed by atoms with E-state index in [2.05, 4.69) is 4.98 Å². The lowest BCUT2D eigenvalue weighted by Gasteiger charge is -2.15. The van der Waals surface area contributed by atoms with Gasteiger partial charge in [0.05, 0.1) is 0 Å². The summed E-state index contributed by atoms with van der Waals surface area (Å²) in [6.07, 6.45) is 3.44. The molecule has 1 atom stereocenters. The Hall–Kier alpha value is -1.81. The van der Waals surface area contributed by atoms with Crippen molar-refractivity contribution in [1.29, 1.82) is 0 Å². The second-order valence-corrected chi connectivity index (χ2v) is 4.24. The van der Waals surface area contributed by atoms with Crippen molar-refractivity contribution in [2.24, 2.45) is 5.73 Å². The first-order chi connectivity index (χ1) is 8.59. The van der Waals surface area contributed by atoms with E-state index in [1.807, 2.05) is 6.92 Å². The monoisotopic (exact) mass is 248 g/mol. The number of halogens is 2. The van der Waals surface area contributed by atoms with E-state index in [0.29, 0.717) is 0 Å². The molecule has 1 heterocycles. The van der Waals surface area contributed by atoms with Gasteiger partial charge in [0.1, 0.15) is 11.6 Å². The van der Waals surface area contributed by atoms with Crippen molar-refractivity contribution < 1.29 is 8.78 Å². The average molecular weight is 248 g/mol. The average Bonchev–Trinajstić information content (AvgIpc) is 2.34. The lowest BCUT2D eigenvalue weighted by molar-refractivity contribution is 0.539. The van der Waals surface area contributed by atoms with Gasteiger partial charge in [-0.3, -0.25) is 4.98 Å². The van der Waals surface area contributed by atoms with Crippen LogP contribution in [0.4, 0.5) is 8.78 Å². The molecule has 2 rings (SSSR count). The first-order valence-electron chi connectivity index (χ1n) is 5.68. The zero-order valence-electron chi connectivity index (χ0n) is 10.0. The summed E-state index contributed by atoms with van der Waals surface area (Å²) < 4.78 is 27.0. The zero-order valence-corrected chi connectivity index (χ0v) is 10.0. The minimum absolute atomic E-state index is 0.0289. The van der Waals surface area contributed by atoms with Crippen molar-refractivity contribution in [1.82, 2.24) is 4.98 Å². The van der Waals surface area contributed by atoms with E-state index in [1.54, 1.807) is 18.5 Å². The highest BCUT2D eigenvalue weighted by molar-refractivity contribution is 5.28. The molecule has 2 aromatic rings. The van der Waals surface area contributed by atoms with Gasteiger partial charge in [0, 0.05) is 24.0 Å². The van der Waals surface area contributed by atoms with E-state index in [-0.39, 0.29) is 12.0 Å². The molecule has 0 spiro atoms. The van der Waals surface area contributed by atoms with E-state index >= 15 is 0 Å². The molecule has 0 fully saturated rings. The molecule has 1 aromatic carbocycles. The molecule has 1 unspecified atom stereocenters. The molecule has 0 aliphatic heterocycles. The maximum Gasteiger partial charge on any atom is 0.129 e. The summed E-state index contributed by atoms with van der Waals surface area (Å²) in [6, 6.07) is 5.16. The third-order valence-electron chi connectivity index (χ3n) is 2.95. The molecule has 0 bridgehead atoms. The molecule has 18 heavy (non-hydrogen) atoms. The summed E-state index contributed by atoms with van der Waals surface area (Å²) in [5, 5.41) is 0. The van der Waals surface area contributed by atoms with Crippen LogP contribution in [-0.4, -0.2) is 4.98 Å². The van der Waals surface area contributed by atoms with E-state index in [1.165, 1.54) is 18.2 Å². The maximum absolute atomic E-state index is 13.5. The molecule has 0 saturated heterocycles. The Kier molecular flexibility index (Phi) is 3.67. The van der Waals surface area contributed by atoms with Crippen LogP contribution < -0.4 is 5.73 Å². The molecule has 2 nitrogen and oxygen atoms in total. The smallest absolute Gasteiger partial charge is 0.129 e. The number of rotatable bonds is 3. The Morgan fingerprint density at radius 3 is 2.50 bits per heavy atom. The van der Waals surface area contributed by atoms with Crippen LogP contribution in [0.1, 0.15) is 22.7 Å². The van der Waals surface area contributed by atoms with Gasteiger partial charge in [0.2, 0.25) is 0 Å². The fraction of sp³-hybridized carbons (Fsp3) is 0.214. The van der Waals surface area contributed by atoms with E-state index < -0.39 is 17.7 Å². The summed E-state index contributed by atoms with van der Waals surface area (Å²) in [5.74, 6) is -1.12. The SMILES string of the molecule is Cc1cnccc1C(N)Cc1c(F)cccc1F. The lowest BCUT2D eigenvalue weighted by Crippen LogP contribution is -2.16. The van der Waals surface area contributed by atoms with Crippen molar-refractivity contribution in [3.8, 4) is 0 Å². The number of nitrogens with two attached hydrogens (primary N) is 1. The van der Waals surface area contributed by atoms with Gasteiger partial charge in [0.15, 0.2) is 0 Å². The topological polar surface area (TPSA) is 38.9 Å². The number of hydrogen-bond acceptors (Lipinski definition) is 2. The minimum atomic E-state index is -0.558.